The minimum absolute atomic E-state index is 0.0616. The minimum atomic E-state index is -3.17. The molecule has 0 unspecified atom stereocenters. The molecule has 5 rings (SSSR count). The van der Waals surface area contributed by atoms with Crippen molar-refractivity contribution in [1.82, 2.24) is 20.4 Å². The summed E-state index contributed by atoms with van der Waals surface area (Å²) in [5, 5.41) is 15.1. The third kappa shape index (κ3) is 7.38. The lowest BCUT2D eigenvalue weighted by atomic mass is 9.83. The fourth-order valence-corrected chi connectivity index (χ4v) is 7.58. The number of carbonyl (C=O) groups is 3. The number of alkyl halides is 2. The third-order valence-corrected chi connectivity index (χ3v) is 10.7. The first-order valence-corrected chi connectivity index (χ1v) is 17.2. The molecule has 5 N–H and O–H groups in total. The fourth-order valence-electron chi connectivity index (χ4n) is 6.66. The maximum atomic E-state index is 15.0. The standard InChI is InChI=1S/C36H44F2N6O4S/c1-21(30-16-24(19-49-30)32(39)40)42-34(47)29-17-35(3,20-48-14-8-13-43(4)5)22(2)44(29)31(45)18-41-33(46)23-11-12-28-26(15-23)25-9-6-7-10-27(25)36(28,37)38/h6-7,9-12,15-16,19,21-22,29H,8,13-14,17-18,20H2,1-5H3,(H3,39,40)(H,41,46)(H,42,47)/t21-,22+,29+,35-/m1/s1. The monoisotopic (exact) mass is 694 g/mol. The number of amidine groups is 1. The highest BCUT2D eigenvalue weighted by Gasteiger charge is 2.52. The van der Waals surface area contributed by atoms with Crippen LogP contribution in [0.5, 0.6) is 0 Å². The van der Waals surface area contributed by atoms with Gasteiger partial charge in [-0.3, -0.25) is 19.8 Å². The highest BCUT2D eigenvalue weighted by atomic mass is 32.1. The van der Waals surface area contributed by atoms with E-state index in [1.165, 1.54) is 40.5 Å². The van der Waals surface area contributed by atoms with Gasteiger partial charge < -0.3 is 30.9 Å². The predicted molar refractivity (Wildman–Crippen MR) is 186 cm³/mol. The van der Waals surface area contributed by atoms with Gasteiger partial charge in [-0.1, -0.05) is 37.3 Å². The van der Waals surface area contributed by atoms with E-state index in [9.17, 15) is 14.4 Å². The molecule has 1 aromatic heterocycles. The number of ether oxygens (including phenoxy) is 1. The molecule has 1 saturated heterocycles. The molecule has 2 aliphatic rings. The van der Waals surface area contributed by atoms with E-state index in [2.05, 4.69) is 15.5 Å². The second kappa shape index (κ2) is 14.3. The van der Waals surface area contributed by atoms with E-state index in [1.807, 2.05) is 34.9 Å². The van der Waals surface area contributed by atoms with Gasteiger partial charge in [0, 0.05) is 50.6 Å². The summed E-state index contributed by atoms with van der Waals surface area (Å²) in [4.78, 5) is 45.4. The number of hydrogen-bond acceptors (Lipinski definition) is 7. The molecule has 2 aromatic carbocycles. The lowest BCUT2D eigenvalue weighted by molar-refractivity contribution is -0.140. The van der Waals surface area contributed by atoms with E-state index in [0.29, 0.717) is 30.8 Å². The molecular formula is C36H44F2N6O4S. The highest BCUT2D eigenvalue weighted by Crippen LogP contribution is 2.51. The van der Waals surface area contributed by atoms with Crippen LogP contribution >= 0.6 is 11.3 Å². The maximum absolute atomic E-state index is 15.0. The van der Waals surface area contributed by atoms with Crippen LogP contribution in [0.15, 0.2) is 53.9 Å². The molecule has 4 atom stereocenters. The second-order valence-electron chi connectivity index (χ2n) is 13.5. The van der Waals surface area contributed by atoms with Crippen LogP contribution in [0, 0.1) is 10.8 Å². The Balaban J connectivity index is 1.31. The SMILES string of the molecule is C[C@@H]1N(C(=O)CNC(=O)c2ccc3c(c2)-c2ccccc2C3(F)F)[C@H](C(=O)N[C@H](C)c2cc(C(=N)N)cs2)C[C@]1(C)COCCCN(C)C. The molecule has 0 radical (unpaired) electrons. The zero-order chi connectivity index (χ0) is 35.7. The van der Waals surface area contributed by atoms with Crippen molar-refractivity contribution in [1.29, 1.82) is 5.41 Å². The number of thiophene rings is 1. The first-order valence-electron chi connectivity index (χ1n) is 16.3. The van der Waals surface area contributed by atoms with Gasteiger partial charge in [-0.05, 0) is 76.7 Å². The second-order valence-corrected chi connectivity index (χ2v) is 14.4. The van der Waals surface area contributed by atoms with Crippen molar-refractivity contribution in [2.45, 2.75) is 57.7 Å². The van der Waals surface area contributed by atoms with Gasteiger partial charge in [0.25, 0.3) is 11.8 Å². The number of rotatable bonds is 13. The van der Waals surface area contributed by atoms with Crippen LogP contribution in [-0.4, -0.2) is 85.8 Å². The van der Waals surface area contributed by atoms with Gasteiger partial charge in [0.05, 0.1) is 19.2 Å². The van der Waals surface area contributed by atoms with Gasteiger partial charge in [-0.15, -0.1) is 11.3 Å². The Morgan fingerprint density at radius 2 is 1.84 bits per heavy atom. The van der Waals surface area contributed by atoms with Crippen LogP contribution in [0.3, 0.4) is 0 Å². The largest absolute Gasteiger partial charge is 0.384 e. The van der Waals surface area contributed by atoms with E-state index in [4.69, 9.17) is 15.9 Å². The molecular weight excluding hydrogens is 650 g/mol. The number of halogens is 2. The summed E-state index contributed by atoms with van der Waals surface area (Å²) in [5.41, 5.74) is 6.16. The summed E-state index contributed by atoms with van der Waals surface area (Å²) < 4.78 is 36.1. The number of nitrogens with one attached hydrogen (secondary N) is 3. The molecule has 2 heterocycles. The molecule has 262 valence electrons. The third-order valence-electron chi connectivity index (χ3n) is 9.63. The summed E-state index contributed by atoms with van der Waals surface area (Å²) in [6.45, 7) is 7.06. The molecule has 1 fully saturated rings. The van der Waals surface area contributed by atoms with Gasteiger partial charge in [0.2, 0.25) is 11.8 Å². The van der Waals surface area contributed by atoms with Crippen molar-refractivity contribution in [3.8, 4) is 11.1 Å². The Hall–Kier alpha value is -4.20. The Morgan fingerprint density at radius 1 is 1.12 bits per heavy atom. The number of likely N-dealkylation sites (tertiary alicyclic amines) is 1. The van der Waals surface area contributed by atoms with Crippen molar-refractivity contribution in [2.24, 2.45) is 11.1 Å². The molecule has 1 aliphatic carbocycles. The molecule has 10 nitrogen and oxygen atoms in total. The number of nitrogens with zero attached hydrogens (tertiary/aromatic N) is 2. The topological polar surface area (TPSA) is 141 Å². The van der Waals surface area contributed by atoms with Crippen LogP contribution in [0.25, 0.3) is 11.1 Å². The Labute approximate surface area is 289 Å². The van der Waals surface area contributed by atoms with Crippen molar-refractivity contribution in [2.75, 3.05) is 40.4 Å². The molecule has 49 heavy (non-hydrogen) atoms. The number of nitrogens with two attached hydrogens (primary N) is 1. The first-order chi connectivity index (χ1) is 23.1. The highest BCUT2D eigenvalue weighted by molar-refractivity contribution is 7.10. The van der Waals surface area contributed by atoms with Gasteiger partial charge in [0.15, 0.2) is 0 Å². The van der Waals surface area contributed by atoms with Crippen molar-refractivity contribution < 1.29 is 27.9 Å². The van der Waals surface area contributed by atoms with E-state index in [1.54, 1.807) is 29.6 Å². The predicted octanol–water partition coefficient (Wildman–Crippen LogP) is 4.72. The van der Waals surface area contributed by atoms with Crippen LogP contribution in [0.2, 0.25) is 0 Å². The van der Waals surface area contributed by atoms with Crippen molar-refractivity contribution in [3.63, 3.8) is 0 Å². The average molecular weight is 695 g/mol. The van der Waals surface area contributed by atoms with Crippen LogP contribution in [0.4, 0.5) is 8.78 Å². The smallest absolute Gasteiger partial charge is 0.299 e. The molecule has 13 heteroatoms. The lowest BCUT2D eigenvalue weighted by Crippen LogP contribution is -2.52. The van der Waals surface area contributed by atoms with Crippen LogP contribution in [0.1, 0.15) is 71.6 Å². The van der Waals surface area contributed by atoms with Crippen molar-refractivity contribution >= 4 is 34.9 Å². The van der Waals surface area contributed by atoms with Gasteiger partial charge >= 0.3 is 0 Å². The molecule has 0 saturated carbocycles. The number of nitrogen functional groups attached to an aromatic ring is 1. The first kappa shape index (κ1) is 36.1. The van der Waals surface area contributed by atoms with E-state index in [0.717, 1.165) is 17.8 Å². The van der Waals surface area contributed by atoms with Crippen molar-refractivity contribution in [3.05, 3.63) is 81.0 Å². The van der Waals surface area contributed by atoms with E-state index < -0.39 is 41.3 Å². The summed E-state index contributed by atoms with van der Waals surface area (Å²) >= 11 is 1.38. The average Bonchev–Trinajstić information content (AvgIpc) is 3.72. The number of hydrogen-bond donors (Lipinski definition) is 4. The van der Waals surface area contributed by atoms with Crippen LogP contribution in [-0.2, 0) is 20.2 Å². The zero-order valence-corrected chi connectivity index (χ0v) is 29.3. The minimum Gasteiger partial charge on any atom is -0.384 e. The lowest BCUT2D eigenvalue weighted by Gasteiger charge is -2.33. The summed E-state index contributed by atoms with van der Waals surface area (Å²) in [6, 6.07) is 10.4. The Kier molecular flexibility index (Phi) is 10.6. The molecule has 0 bridgehead atoms. The van der Waals surface area contributed by atoms with Gasteiger partial charge in [-0.2, -0.15) is 8.78 Å². The molecule has 0 spiro atoms. The molecule has 1 aliphatic heterocycles. The summed E-state index contributed by atoms with van der Waals surface area (Å²) in [7, 11) is 3.98. The molecule has 3 amide bonds. The van der Waals surface area contributed by atoms with E-state index >= 15 is 8.78 Å². The zero-order valence-electron chi connectivity index (χ0n) is 28.4. The normalized spacial score (nSPS) is 21.3. The summed E-state index contributed by atoms with van der Waals surface area (Å²) in [6.07, 6.45) is 1.18. The van der Waals surface area contributed by atoms with Crippen LogP contribution < -0.4 is 16.4 Å². The summed E-state index contributed by atoms with van der Waals surface area (Å²) in [5.74, 6) is -4.60. The number of carbonyl (C=O) groups excluding carboxylic acids is 3. The van der Waals surface area contributed by atoms with Gasteiger partial charge in [-0.25, -0.2) is 0 Å². The van der Waals surface area contributed by atoms with E-state index in [-0.39, 0.29) is 40.5 Å². The number of fused-ring (bicyclic) bond motifs is 3. The fraction of sp³-hybridized carbons (Fsp3) is 0.444. The Bertz CT molecular complexity index is 1750. The Morgan fingerprint density at radius 3 is 2.53 bits per heavy atom. The number of amides is 3. The maximum Gasteiger partial charge on any atom is 0.299 e. The number of benzene rings is 2. The quantitative estimate of drug-likeness (QED) is 0.116. The molecule has 3 aromatic rings. The van der Waals surface area contributed by atoms with Gasteiger partial charge in [0.1, 0.15) is 11.9 Å².